The Labute approximate surface area is 126 Å². The van der Waals surface area contributed by atoms with Crippen LogP contribution in [0, 0.1) is 11.8 Å². The molecule has 0 spiro atoms. The van der Waals surface area contributed by atoms with Gasteiger partial charge < -0.3 is 9.42 Å². The second kappa shape index (κ2) is 5.59. The Bertz CT molecular complexity index is 484. The van der Waals surface area contributed by atoms with Crippen LogP contribution < -0.4 is 4.90 Å². The van der Waals surface area contributed by atoms with E-state index in [1.165, 1.54) is 45.2 Å². The molecule has 4 heterocycles. The van der Waals surface area contributed by atoms with E-state index in [4.69, 9.17) is 4.52 Å². The molecule has 0 unspecified atom stereocenters. The van der Waals surface area contributed by atoms with E-state index in [0.717, 1.165) is 43.2 Å². The quantitative estimate of drug-likeness (QED) is 0.851. The fraction of sp³-hybridized carbons (Fsp3) is 0.875. The van der Waals surface area contributed by atoms with Gasteiger partial charge in [-0.15, -0.1) is 0 Å². The van der Waals surface area contributed by atoms with Crippen molar-refractivity contribution in [3.8, 4) is 0 Å². The lowest BCUT2D eigenvalue weighted by Gasteiger charge is -2.40. The molecule has 1 saturated carbocycles. The average molecular weight is 290 g/mol. The number of aromatic nitrogens is 2. The van der Waals surface area contributed by atoms with Gasteiger partial charge in [-0.3, -0.25) is 4.90 Å². The van der Waals surface area contributed by atoms with Gasteiger partial charge in [0.25, 0.3) is 5.95 Å². The number of aryl methyl sites for hydroxylation is 1. The van der Waals surface area contributed by atoms with E-state index < -0.39 is 0 Å². The summed E-state index contributed by atoms with van der Waals surface area (Å²) in [5.74, 6) is 3.31. The summed E-state index contributed by atoms with van der Waals surface area (Å²) in [5, 5.41) is 4.18. The van der Waals surface area contributed by atoms with Gasteiger partial charge >= 0.3 is 0 Å². The van der Waals surface area contributed by atoms with Gasteiger partial charge in [-0.25, -0.2) is 0 Å². The predicted molar refractivity (Wildman–Crippen MR) is 81.3 cm³/mol. The van der Waals surface area contributed by atoms with E-state index in [9.17, 15) is 0 Å². The first-order valence-electron chi connectivity index (χ1n) is 8.63. The highest BCUT2D eigenvalue weighted by Gasteiger charge is 2.37. The minimum atomic E-state index is 0.688. The van der Waals surface area contributed by atoms with Crippen molar-refractivity contribution in [1.82, 2.24) is 15.0 Å². The summed E-state index contributed by atoms with van der Waals surface area (Å²) >= 11 is 0. The predicted octanol–water partition coefficient (Wildman–Crippen LogP) is 2.33. The molecule has 0 amide bonds. The molecule has 5 heteroatoms. The number of rotatable bonds is 4. The fourth-order valence-corrected chi connectivity index (χ4v) is 4.09. The van der Waals surface area contributed by atoms with Crippen molar-refractivity contribution in [3.63, 3.8) is 0 Å². The van der Waals surface area contributed by atoms with E-state index >= 15 is 0 Å². The zero-order valence-corrected chi connectivity index (χ0v) is 13.0. The van der Waals surface area contributed by atoms with Gasteiger partial charge in [-0.05, 0) is 42.7 Å². The van der Waals surface area contributed by atoms with E-state index in [0.29, 0.717) is 6.04 Å². The molecule has 2 atom stereocenters. The normalized spacial score (nSPS) is 30.4. The summed E-state index contributed by atoms with van der Waals surface area (Å²) in [4.78, 5) is 9.66. The lowest BCUT2D eigenvalue weighted by atomic mass is 9.83. The van der Waals surface area contributed by atoms with Crippen molar-refractivity contribution in [2.75, 3.05) is 31.1 Å². The number of hydrogen-bond donors (Lipinski definition) is 0. The minimum absolute atomic E-state index is 0.688. The first kappa shape index (κ1) is 13.6. The van der Waals surface area contributed by atoms with Crippen LogP contribution in [-0.4, -0.2) is 47.3 Å². The topological polar surface area (TPSA) is 45.4 Å². The SMILES string of the molecule is CCc1nc(N2C[C@@H]3CC[C@H](C2)N(CC2CCC2)C3)no1. The molecule has 21 heavy (non-hydrogen) atoms. The smallest absolute Gasteiger partial charge is 0.266 e. The third-order valence-corrected chi connectivity index (χ3v) is 5.59. The van der Waals surface area contributed by atoms with Gasteiger partial charge in [-0.1, -0.05) is 13.3 Å². The van der Waals surface area contributed by atoms with Gasteiger partial charge in [0.15, 0.2) is 0 Å². The Hall–Kier alpha value is -1.10. The number of anilines is 1. The monoisotopic (exact) mass is 290 g/mol. The molecule has 0 radical (unpaired) electrons. The number of nitrogens with zero attached hydrogens (tertiary/aromatic N) is 4. The summed E-state index contributed by atoms with van der Waals surface area (Å²) < 4.78 is 5.30. The summed E-state index contributed by atoms with van der Waals surface area (Å²) in [7, 11) is 0. The van der Waals surface area contributed by atoms with Crippen LogP contribution in [-0.2, 0) is 6.42 Å². The molecular formula is C16H26N4O. The van der Waals surface area contributed by atoms with Gasteiger partial charge in [0.2, 0.25) is 5.89 Å². The lowest BCUT2D eigenvalue weighted by Crippen LogP contribution is -2.47. The second-order valence-electron chi connectivity index (χ2n) is 7.09. The van der Waals surface area contributed by atoms with Gasteiger partial charge in [0.1, 0.15) is 0 Å². The van der Waals surface area contributed by atoms with Crippen LogP contribution in [0.25, 0.3) is 0 Å². The van der Waals surface area contributed by atoms with Crippen LogP contribution >= 0.6 is 0 Å². The Balaban J connectivity index is 1.47. The highest BCUT2D eigenvalue weighted by atomic mass is 16.5. The average Bonchev–Trinajstić information content (AvgIpc) is 2.76. The zero-order chi connectivity index (χ0) is 14.2. The highest BCUT2D eigenvalue weighted by Crippen LogP contribution is 2.33. The lowest BCUT2D eigenvalue weighted by molar-refractivity contribution is 0.0917. The van der Waals surface area contributed by atoms with Crippen molar-refractivity contribution in [2.45, 2.75) is 51.5 Å². The molecule has 5 nitrogen and oxygen atoms in total. The Morgan fingerprint density at radius 2 is 2.05 bits per heavy atom. The Morgan fingerprint density at radius 3 is 2.76 bits per heavy atom. The van der Waals surface area contributed by atoms with E-state index in [-0.39, 0.29) is 0 Å². The summed E-state index contributed by atoms with van der Waals surface area (Å²) in [6.45, 7) is 6.83. The maximum Gasteiger partial charge on any atom is 0.266 e. The maximum atomic E-state index is 5.30. The van der Waals surface area contributed by atoms with Gasteiger partial charge in [0.05, 0.1) is 0 Å². The summed E-state index contributed by atoms with van der Waals surface area (Å²) in [6.07, 6.45) is 7.86. The van der Waals surface area contributed by atoms with Crippen LogP contribution in [0.1, 0.15) is 44.9 Å². The molecule has 1 aromatic rings. The fourth-order valence-electron chi connectivity index (χ4n) is 4.09. The van der Waals surface area contributed by atoms with Crippen LogP contribution in [0.4, 0.5) is 5.95 Å². The first-order chi connectivity index (χ1) is 10.3. The third-order valence-electron chi connectivity index (χ3n) is 5.59. The molecule has 0 N–H and O–H groups in total. The van der Waals surface area contributed by atoms with E-state index in [1.54, 1.807) is 0 Å². The third kappa shape index (κ3) is 2.68. The molecule has 5 rings (SSSR count). The van der Waals surface area contributed by atoms with Crippen molar-refractivity contribution in [2.24, 2.45) is 11.8 Å². The summed E-state index contributed by atoms with van der Waals surface area (Å²) in [5.41, 5.74) is 0. The van der Waals surface area contributed by atoms with Crippen LogP contribution in [0.5, 0.6) is 0 Å². The molecule has 2 bridgehead atoms. The number of fused-ring (bicyclic) bond motifs is 4. The first-order valence-corrected chi connectivity index (χ1v) is 8.63. The highest BCUT2D eigenvalue weighted by molar-refractivity contribution is 5.29. The van der Waals surface area contributed by atoms with Gasteiger partial charge in [-0.2, -0.15) is 4.98 Å². The number of hydrogen-bond acceptors (Lipinski definition) is 5. The molecule has 1 aromatic heterocycles. The van der Waals surface area contributed by atoms with E-state index in [2.05, 4.69) is 26.9 Å². The Kier molecular flexibility index (Phi) is 3.61. The van der Waals surface area contributed by atoms with Crippen molar-refractivity contribution < 1.29 is 4.52 Å². The number of piperidine rings is 1. The molecular weight excluding hydrogens is 264 g/mol. The van der Waals surface area contributed by atoms with Crippen molar-refractivity contribution in [1.29, 1.82) is 0 Å². The van der Waals surface area contributed by atoms with Crippen LogP contribution in [0.15, 0.2) is 4.52 Å². The largest absolute Gasteiger partial charge is 0.337 e. The molecule has 4 fully saturated rings. The molecule has 4 aliphatic rings. The molecule has 3 saturated heterocycles. The molecule has 116 valence electrons. The van der Waals surface area contributed by atoms with Crippen LogP contribution in [0.3, 0.4) is 0 Å². The van der Waals surface area contributed by atoms with Gasteiger partial charge in [0, 0.05) is 38.6 Å². The van der Waals surface area contributed by atoms with Crippen molar-refractivity contribution >= 4 is 5.95 Å². The van der Waals surface area contributed by atoms with Crippen molar-refractivity contribution in [3.05, 3.63) is 5.89 Å². The second-order valence-corrected chi connectivity index (χ2v) is 7.09. The minimum Gasteiger partial charge on any atom is -0.337 e. The van der Waals surface area contributed by atoms with Crippen LogP contribution in [0.2, 0.25) is 0 Å². The maximum absolute atomic E-state index is 5.30. The Morgan fingerprint density at radius 1 is 1.14 bits per heavy atom. The molecule has 3 aliphatic heterocycles. The zero-order valence-electron chi connectivity index (χ0n) is 13.0. The summed E-state index contributed by atoms with van der Waals surface area (Å²) in [6, 6.07) is 0.688. The van der Waals surface area contributed by atoms with E-state index in [1.807, 2.05) is 0 Å². The molecule has 1 aliphatic carbocycles. The standard InChI is InChI=1S/C16H26N4O/c1-2-15-17-16(18-21-15)20-10-13-6-7-14(11-20)19(9-13)8-12-4-3-5-12/h12-14H,2-11H2,1H3/t13-,14-/m1/s1. The molecule has 0 aromatic carbocycles.